The summed E-state index contributed by atoms with van der Waals surface area (Å²) in [7, 11) is 0. The number of rotatable bonds is 5. The van der Waals surface area contributed by atoms with Crippen LogP contribution in [0.3, 0.4) is 0 Å². The quantitative estimate of drug-likeness (QED) is 0.579. The minimum Gasteiger partial charge on any atom is -0.489 e. The topological polar surface area (TPSA) is 46.6 Å². The molecule has 0 unspecified atom stereocenters. The molecule has 1 aliphatic rings. The van der Waals surface area contributed by atoms with Gasteiger partial charge in [-0.2, -0.15) is 0 Å². The summed E-state index contributed by atoms with van der Waals surface area (Å²) in [5.41, 5.74) is 1.03. The Bertz CT molecular complexity index is 861. The van der Waals surface area contributed by atoms with Gasteiger partial charge >= 0.3 is 0 Å². The Hall–Kier alpha value is -2.86. The maximum Gasteiger partial charge on any atom is 0.298 e. The molecule has 6 heteroatoms. The van der Waals surface area contributed by atoms with Crippen LogP contribution in [0.1, 0.15) is 5.56 Å². The van der Waals surface area contributed by atoms with Gasteiger partial charge in [-0.3, -0.25) is 9.59 Å². The number of anilines is 1. The third-order valence-corrected chi connectivity index (χ3v) is 4.31. The lowest BCUT2D eigenvalue weighted by Gasteiger charge is -2.12. The lowest BCUT2D eigenvalue weighted by atomic mass is 10.2. The smallest absolute Gasteiger partial charge is 0.298 e. The summed E-state index contributed by atoms with van der Waals surface area (Å²) >= 11 is 0.837. The van der Waals surface area contributed by atoms with Gasteiger partial charge < -0.3 is 4.74 Å². The molecule has 0 bridgehead atoms. The lowest BCUT2D eigenvalue weighted by Crippen LogP contribution is -2.27. The predicted octanol–water partition coefficient (Wildman–Crippen LogP) is 4.63. The highest BCUT2D eigenvalue weighted by atomic mass is 32.2. The van der Waals surface area contributed by atoms with Crippen LogP contribution < -0.4 is 9.64 Å². The summed E-state index contributed by atoms with van der Waals surface area (Å²) in [5.74, 6) is -0.282. The van der Waals surface area contributed by atoms with Crippen LogP contribution in [0.4, 0.5) is 14.9 Å². The Kier molecular flexibility index (Phi) is 5.00. The monoisotopic (exact) mass is 355 g/mol. The lowest BCUT2D eigenvalue weighted by molar-refractivity contribution is -0.113. The van der Waals surface area contributed by atoms with Gasteiger partial charge in [0.15, 0.2) is 0 Å². The summed E-state index contributed by atoms with van der Waals surface area (Å²) in [4.78, 5) is 26.1. The number of amides is 2. The van der Waals surface area contributed by atoms with E-state index in [9.17, 15) is 14.0 Å². The zero-order valence-corrected chi connectivity index (χ0v) is 14.0. The minimum atomic E-state index is -0.444. The molecule has 0 N–H and O–H groups in total. The van der Waals surface area contributed by atoms with Crippen LogP contribution in [0.5, 0.6) is 5.75 Å². The second-order valence-electron chi connectivity index (χ2n) is 5.13. The van der Waals surface area contributed by atoms with Gasteiger partial charge in [0.1, 0.15) is 18.2 Å². The highest BCUT2D eigenvalue weighted by Gasteiger charge is 2.36. The molecule has 4 nitrogen and oxygen atoms in total. The van der Waals surface area contributed by atoms with Crippen LogP contribution in [-0.4, -0.2) is 17.8 Å². The van der Waals surface area contributed by atoms with Crippen molar-refractivity contribution in [3.8, 4) is 5.75 Å². The molecule has 0 saturated carbocycles. The van der Waals surface area contributed by atoms with Crippen molar-refractivity contribution in [1.29, 1.82) is 0 Å². The number of ether oxygens (including phenoxy) is 1. The molecular weight excluding hydrogens is 341 g/mol. The van der Waals surface area contributed by atoms with E-state index in [0.29, 0.717) is 23.6 Å². The van der Waals surface area contributed by atoms with Crippen molar-refractivity contribution in [2.75, 3.05) is 11.5 Å². The van der Waals surface area contributed by atoms with E-state index in [2.05, 4.69) is 6.58 Å². The molecule has 0 radical (unpaired) electrons. The summed E-state index contributed by atoms with van der Waals surface area (Å²) in [6, 6.07) is 12.4. The fraction of sp³-hybridized carbons (Fsp3) is 0.0526. The number of carbonyl (C=O) groups is 2. The molecule has 0 aromatic heterocycles. The first-order valence-electron chi connectivity index (χ1n) is 7.46. The Morgan fingerprint density at radius 2 is 1.84 bits per heavy atom. The van der Waals surface area contributed by atoms with E-state index in [1.807, 2.05) is 12.1 Å². The number of hydrogen-bond donors (Lipinski definition) is 0. The van der Waals surface area contributed by atoms with Gasteiger partial charge in [0, 0.05) is 5.56 Å². The molecule has 1 heterocycles. The van der Waals surface area contributed by atoms with Gasteiger partial charge in [-0.25, -0.2) is 9.29 Å². The van der Waals surface area contributed by atoms with Gasteiger partial charge in [-0.05, 0) is 48.2 Å². The highest BCUT2D eigenvalue weighted by molar-refractivity contribution is 8.19. The molecule has 1 fully saturated rings. The second-order valence-corrected chi connectivity index (χ2v) is 6.12. The van der Waals surface area contributed by atoms with Crippen LogP contribution in [0.25, 0.3) is 6.08 Å². The number of nitrogens with zero attached hydrogens (tertiary/aromatic N) is 1. The Labute approximate surface area is 148 Å². The van der Waals surface area contributed by atoms with Gasteiger partial charge in [-0.15, -0.1) is 0 Å². The summed E-state index contributed by atoms with van der Waals surface area (Å²) in [6.45, 7) is 3.94. The zero-order valence-electron chi connectivity index (χ0n) is 13.1. The van der Waals surface area contributed by atoms with Crippen molar-refractivity contribution in [2.45, 2.75) is 0 Å². The minimum absolute atomic E-state index is 0.281. The maximum atomic E-state index is 13.1. The molecule has 2 aromatic carbocycles. The van der Waals surface area contributed by atoms with Gasteiger partial charge in [-0.1, -0.05) is 30.9 Å². The Morgan fingerprint density at radius 3 is 2.56 bits per heavy atom. The standard InChI is InChI=1S/C19H14FNO3S/c1-2-11-24-16-6-4-3-5-13(16)12-17-18(22)21(19(23)25-17)15-9-7-14(20)8-10-15/h2-10,12H,1,11H2/b17-12-. The summed E-state index contributed by atoms with van der Waals surface area (Å²) in [6.07, 6.45) is 3.24. The second kappa shape index (κ2) is 7.36. The molecule has 2 aromatic rings. The normalized spacial score (nSPS) is 15.7. The van der Waals surface area contributed by atoms with E-state index in [4.69, 9.17) is 4.74 Å². The van der Waals surface area contributed by atoms with E-state index in [-0.39, 0.29) is 4.91 Å². The number of carbonyl (C=O) groups excluding carboxylic acids is 2. The van der Waals surface area contributed by atoms with Crippen LogP contribution in [-0.2, 0) is 4.79 Å². The third kappa shape index (κ3) is 3.64. The molecule has 0 atom stereocenters. The highest BCUT2D eigenvalue weighted by Crippen LogP contribution is 2.36. The van der Waals surface area contributed by atoms with Crippen LogP contribution in [0.2, 0.25) is 0 Å². The first kappa shape index (κ1) is 17.0. The van der Waals surface area contributed by atoms with Gasteiger partial charge in [0.2, 0.25) is 0 Å². The van der Waals surface area contributed by atoms with Crippen molar-refractivity contribution in [3.63, 3.8) is 0 Å². The molecule has 1 saturated heterocycles. The number of benzene rings is 2. The summed E-state index contributed by atoms with van der Waals surface area (Å²) in [5, 5.41) is -0.424. The Balaban J connectivity index is 1.91. The van der Waals surface area contributed by atoms with Crippen molar-refractivity contribution in [3.05, 3.63) is 77.5 Å². The fourth-order valence-electron chi connectivity index (χ4n) is 2.30. The van der Waals surface area contributed by atoms with Crippen LogP contribution in [0.15, 0.2) is 66.1 Å². The van der Waals surface area contributed by atoms with Crippen LogP contribution >= 0.6 is 11.8 Å². The molecule has 126 valence electrons. The van der Waals surface area contributed by atoms with E-state index in [1.165, 1.54) is 24.3 Å². The predicted molar refractivity (Wildman–Crippen MR) is 97.0 cm³/mol. The van der Waals surface area contributed by atoms with Gasteiger partial charge in [0.05, 0.1) is 10.6 Å². The molecule has 0 aliphatic carbocycles. The van der Waals surface area contributed by atoms with Crippen LogP contribution in [0, 0.1) is 5.82 Å². The van der Waals surface area contributed by atoms with Crippen molar-refractivity contribution < 1.29 is 18.7 Å². The molecule has 2 amide bonds. The molecule has 0 spiro atoms. The largest absolute Gasteiger partial charge is 0.489 e. The van der Waals surface area contributed by atoms with E-state index < -0.39 is 17.0 Å². The zero-order chi connectivity index (χ0) is 17.8. The van der Waals surface area contributed by atoms with Crippen molar-refractivity contribution in [1.82, 2.24) is 0 Å². The van der Waals surface area contributed by atoms with Crippen molar-refractivity contribution >= 4 is 34.7 Å². The van der Waals surface area contributed by atoms with Crippen molar-refractivity contribution in [2.24, 2.45) is 0 Å². The maximum absolute atomic E-state index is 13.1. The number of imide groups is 1. The average molecular weight is 355 g/mol. The molecule has 25 heavy (non-hydrogen) atoms. The fourth-order valence-corrected chi connectivity index (χ4v) is 3.13. The molecule has 1 aliphatic heterocycles. The van der Waals surface area contributed by atoms with Gasteiger partial charge in [0.25, 0.3) is 11.1 Å². The number of halogens is 1. The number of para-hydroxylation sites is 1. The molecular formula is C19H14FNO3S. The Morgan fingerprint density at radius 1 is 1.12 bits per heavy atom. The van der Waals surface area contributed by atoms with E-state index in [1.54, 1.807) is 24.3 Å². The van der Waals surface area contributed by atoms with E-state index in [0.717, 1.165) is 16.7 Å². The van der Waals surface area contributed by atoms with E-state index >= 15 is 0 Å². The third-order valence-electron chi connectivity index (χ3n) is 3.44. The average Bonchev–Trinajstić information content (AvgIpc) is 2.89. The number of hydrogen-bond acceptors (Lipinski definition) is 4. The first-order chi connectivity index (χ1) is 12.1. The number of thioether (sulfide) groups is 1. The SMILES string of the molecule is C=CCOc1ccccc1/C=C1\SC(=O)N(c2ccc(F)cc2)C1=O. The summed E-state index contributed by atoms with van der Waals surface area (Å²) < 4.78 is 18.6. The molecule has 3 rings (SSSR count). The first-order valence-corrected chi connectivity index (χ1v) is 8.28.